The van der Waals surface area contributed by atoms with Crippen molar-refractivity contribution < 1.29 is 9.90 Å². The molecule has 6 heteroatoms. The lowest BCUT2D eigenvalue weighted by atomic mass is 10.1. The lowest BCUT2D eigenvalue weighted by Crippen LogP contribution is -2.22. The Kier molecular flexibility index (Phi) is 5.13. The van der Waals surface area contributed by atoms with E-state index >= 15 is 0 Å². The second kappa shape index (κ2) is 7.47. The number of hydrogen-bond donors (Lipinski definition) is 0. The van der Waals surface area contributed by atoms with Crippen molar-refractivity contribution in [1.29, 1.82) is 0 Å². The SMILES string of the molecule is O=C([O-])c1cccc(CSc2ccc(-c3ccc(Cl)cc3)nn2)c1. The summed E-state index contributed by atoms with van der Waals surface area (Å²) in [7, 11) is 0. The van der Waals surface area contributed by atoms with E-state index in [2.05, 4.69) is 10.2 Å². The van der Waals surface area contributed by atoms with Gasteiger partial charge in [0.05, 0.1) is 11.7 Å². The third-order valence-electron chi connectivity index (χ3n) is 3.33. The maximum atomic E-state index is 10.9. The molecule has 0 aliphatic carbocycles. The Balaban J connectivity index is 1.67. The summed E-state index contributed by atoms with van der Waals surface area (Å²) < 4.78 is 0. The number of benzene rings is 2. The van der Waals surface area contributed by atoms with Gasteiger partial charge in [-0.15, -0.1) is 10.2 Å². The fraction of sp³-hybridized carbons (Fsp3) is 0.0556. The molecule has 1 heterocycles. The third kappa shape index (κ3) is 4.13. The molecule has 0 N–H and O–H groups in total. The van der Waals surface area contributed by atoms with Crippen molar-refractivity contribution in [2.45, 2.75) is 10.8 Å². The average molecular weight is 356 g/mol. The normalized spacial score (nSPS) is 10.5. The minimum Gasteiger partial charge on any atom is -0.545 e. The van der Waals surface area contributed by atoms with Crippen LogP contribution in [0, 0.1) is 0 Å². The first kappa shape index (κ1) is 16.5. The molecule has 120 valence electrons. The average Bonchev–Trinajstić information content (AvgIpc) is 2.61. The van der Waals surface area contributed by atoms with Crippen LogP contribution in [0.4, 0.5) is 0 Å². The minimum atomic E-state index is -1.17. The lowest BCUT2D eigenvalue weighted by Gasteiger charge is -2.06. The van der Waals surface area contributed by atoms with Crippen LogP contribution in [0.1, 0.15) is 15.9 Å². The smallest absolute Gasteiger partial charge is 0.119 e. The highest BCUT2D eigenvalue weighted by Crippen LogP contribution is 2.24. The van der Waals surface area contributed by atoms with Gasteiger partial charge in [-0.25, -0.2) is 0 Å². The van der Waals surface area contributed by atoms with Gasteiger partial charge < -0.3 is 9.90 Å². The first-order valence-electron chi connectivity index (χ1n) is 7.14. The summed E-state index contributed by atoms with van der Waals surface area (Å²) >= 11 is 7.37. The maximum absolute atomic E-state index is 10.9. The molecule has 2 aromatic carbocycles. The number of aromatic nitrogens is 2. The molecule has 0 fully saturated rings. The second-order valence-corrected chi connectivity index (χ2v) is 6.47. The van der Waals surface area contributed by atoms with E-state index in [1.54, 1.807) is 12.1 Å². The Morgan fingerprint density at radius 1 is 1.04 bits per heavy atom. The van der Waals surface area contributed by atoms with Crippen molar-refractivity contribution in [1.82, 2.24) is 10.2 Å². The van der Waals surface area contributed by atoms with E-state index in [1.807, 2.05) is 42.5 Å². The van der Waals surface area contributed by atoms with E-state index in [9.17, 15) is 9.90 Å². The van der Waals surface area contributed by atoms with Gasteiger partial charge in [0.2, 0.25) is 0 Å². The fourth-order valence-electron chi connectivity index (χ4n) is 2.12. The van der Waals surface area contributed by atoms with Crippen molar-refractivity contribution in [2.75, 3.05) is 0 Å². The van der Waals surface area contributed by atoms with Gasteiger partial charge >= 0.3 is 0 Å². The van der Waals surface area contributed by atoms with Gasteiger partial charge in [0.1, 0.15) is 5.03 Å². The van der Waals surface area contributed by atoms with Crippen LogP contribution in [-0.4, -0.2) is 16.2 Å². The number of carboxylic acid groups (broad SMARTS) is 1. The third-order valence-corrected chi connectivity index (χ3v) is 4.57. The Labute approximate surface area is 148 Å². The van der Waals surface area contributed by atoms with Crippen LogP contribution in [0.2, 0.25) is 5.02 Å². The predicted molar refractivity (Wildman–Crippen MR) is 92.8 cm³/mol. The van der Waals surface area contributed by atoms with E-state index < -0.39 is 5.97 Å². The van der Waals surface area contributed by atoms with Crippen molar-refractivity contribution in [3.05, 3.63) is 76.8 Å². The van der Waals surface area contributed by atoms with Gasteiger partial charge in [-0.1, -0.05) is 53.7 Å². The zero-order chi connectivity index (χ0) is 16.9. The standard InChI is InChI=1S/C18H13ClN2O2S/c19-15-6-4-13(5-7-15)16-8-9-17(21-20-16)24-11-12-2-1-3-14(10-12)18(22)23/h1-10H,11H2,(H,22,23)/p-1. The molecule has 1 aromatic heterocycles. The molecule has 3 aromatic rings. The van der Waals surface area contributed by atoms with Gasteiger partial charge in [-0.2, -0.15) is 0 Å². The topological polar surface area (TPSA) is 65.9 Å². The van der Waals surface area contributed by atoms with Crippen LogP contribution in [0.3, 0.4) is 0 Å². The van der Waals surface area contributed by atoms with Crippen molar-refractivity contribution in [3.63, 3.8) is 0 Å². The summed E-state index contributed by atoms with van der Waals surface area (Å²) in [6, 6.07) is 17.9. The van der Waals surface area contributed by atoms with Gasteiger partial charge in [0.15, 0.2) is 0 Å². The second-order valence-electron chi connectivity index (χ2n) is 5.04. The lowest BCUT2D eigenvalue weighted by molar-refractivity contribution is -0.255. The Bertz CT molecular complexity index is 852. The Hall–Kier alpha value is -2.37. The highest BCUT2D eigenvalue weighted by Gasteiger charge is 2.03. The van der Waals surface area contributed by atoms with Gasteiger partial charge in [-0.05, 0) is 41.5 Å². The summed E-state index contributed by atoms with van der Waals surface area (Å²) in [6.07, 6.45) is 0. The predicted octanol–water partition coefficient (Wildman–Crippen LogP) is 3.45. The molecule has 0 aliphatic heterocycles. The van der Waals surface area contributed by atoms with Crippen LogP contribution in [-0.2, 0) is 5.75 Å². The number of aromatic carboxylic acids is 1. The van der Waals surface area contributed by atoms with Crippen LogP contribution in [0.5, 0.6) is 0 Å². The molecule has 0 radical (unpaired) electrons. The van der Waals surface area contributed by atoms with E-state index in [0.29, 0.717) is 10.8 Å². The zero-order valence-corrected chi connectivity index (χ0v) is 14.1. The highest BCUT2D eigenvalue weighted by molar-refractivity contribution is 7.98. The molecule has 0 saturated carbocycles. The monoisotopic (exact) mass is 355 g/mol. The van der Waals surface area contributed by atoms with Gasteiger partial charge in [-0.3, -0.25) is 0 Å². The zero-order valence-electron chi connectivity index (χ0n) is 12.5. The summed E-state index contributed by atoms with van der Waals surface area (Å²) in [6.45, 7) is 0. The van der Waals surface area contributed by atoms with Gasteiger partial charge in [0.25, 0.3) is 0 Å². The van der Waals surface area contributed by atoms with Crippen LogP contribution >= 0.6 is 23.4 Å². The molecule has 0 saturated heterocycles. The molecule has 0 unspecified atom stereocenters. The number of rotatable bonds is 5. The Morgan fingerprint density at radius 3 is 2.50 bits per heavy atom. The molecule has 0 atom stereocenters. The molecule has 0 bridgehead atoms. The van der Waals surface area contributed by atoms with Crippen molar-refractivity contribution in [2.24, 2.45) is 0 Å². The number of carbonyl (C=O) groups is 1. The van der Waals surface area contributed by atoms with Crippen molar-refractivity contribution >= 4 is 29.3 Å². The van der Waals surface area contributed by atoms with E-state index in [0.717, 1.165) is 21.8 Å². The summed E-state index contributed by atoms with van der Waals surface area (Å²) in [4.78, 5) is 10.9. The number of carbonyl (C=O) groups excluding carboxylic acids is 1. The number of thioether (sulfide) groups is 1. The molecule has 0 amide bonds. The largest absolute Gasteiger partial charge is 0.545 e. The molecular formula is C18H12ClN2O2S-. The number of nitrogens with zero attached hydrogens (tertiary/aromatic N) is 2. The minimum absolute atomic E-state index is 0.178. The van der Waals surface area contributed by atoms with E-state index in [4.69, 9.17) is 11.6 Å². The highest BCUT2D eigenvalue weighted by atomic mass is 35.5. The molecule has 4 nitrogen and oxygen atoms in total. The van der Waals surface area contributed by atoms with Crippen LogP contribution in [0.25, 0.3) is 11.3 Å². The maximum Gasteiger partial charge on any atom is 0.119 e. The number of halogens is 1. The summed E-state index contributed by atoms with van der Waals surface area (Å²) in [5.74, 6) is -0.565. The van der Waals surface area contributed by atoms with Crippen LogP contribution < -0.4 is 5.11 Å². The van der Waals surface area contributed by atoms with Crippen LogP contribution in [0.15, 0.2) is 65.7 Å². The number of carboxylic acids is 1. The van der Waals surface area contributed by atoms with E-state index in [-0.39, 0.29) is 5.56 Å². The van der Waals surface area contributed by atoms with E-state index in [1.165, 1.54) is 17.8 Å². The molecule has 3 rings (SSSR count). The van der Waals surface area contributed by atoms with Crippen molar-refractivity contribution in [3.8, 4) is 11.3 Å². The van der Waals surface area contributed by atoms with Gasteiger partial charge in [0, 0.05) is 16.3 Å². The molecule has 24 heavy (non-hydrogen) atoms. The first-order chi connectivity index (χ1) is 11.6. The fourth-order valence-corrected chi connectivity index (χ4v) is 3.00. The molecule has 0 spiro atoms. The molecule has 0 aliphatic rings. The Morgan fingerprint density at radius 2 is 1.83 bits per heavy atom. The quantitative estimate of drug-likeness (QED) is 0.656. The number of hydrogen-bond acceptors (Lipinski definition) is 5. The first-order valence-corrected chi connectivity index (χ1v) is 8.51. The molecular weight excluding hydrogens is 344 g/mol. The summed E-state index contributed by atoms with van der Waals surface area (Å²) in [5.41, 5.74) is 2.79. The summed E-state index contributed by atoms with van der Waals surface area (Å²) in [5, 5.41) is 20.7.